The van der Waals surface area contributed by atoms with Gasteiger partial charge in [-0.05, 0) is 32.6 Å². The van der Waals surface area contributed by atoms with Gasteiger partial charge in [0.25, 0.3) is 0 Å². The molecule has 0 bridgehead atoms. The second kappa shape index (κ2) is 6.02. The SMILES string of the molecule is CN(c1ncc(S(N)(=O)=O)cc1[N+](=O)[O-])C1CCC(C)(O)CC1. The second-order valence-electron chi connectivity index (χ2n) is 6.15. The molecular weight excluding hydrogens is 324 g/mol. The summed E-state index contributed by atoms with van der Waals surface area (Å²) in [5.74, 6) is 0.0916. The van der Waals surface area contributed by atoms with Crippen LogP contribution in [0, 0.1) is 10.1 Å². The summed E-state index contributed by atoms with van der Waals surface area (Å²) in [6.45, 7) is 1.77. The molecule has 0 atom stereocenters. The third-order valence-electron chi connectivity index (χ3n) is 4.26. The van der Waals surface area contributed by atoms with Gasteiger partial charge >= 0.3 is 5.69 Å². The van der Waals surface area contributed by atoms with Crippen molar-refractivity contribution in [2.45, 2.75) is 49.1 Å². The van der Waals surface area contributed by atoms with Crippen LogP contribution in [0.1, 0.15) is 32.6 Å². The van der Waals surface area contributed by atoms with Crippen molar-refractivity contribution in [1.82, 2.24) is 4.98 Å². The maximum absolute atomic E-state index is 11.3. The van der Waals surface area contributed by atoms with Crippen LogP contribution in [0.3, 0.4) is 0 Å². The molecule has 0 aliphatic heterocycles. The highest BCUT2D eigenvalue weighted by Crippen LogP contribution is 2.35. The first-order valence-electron chi connectivity index (χ1n) is 7.14. The summed E-state index contributed by atoms with van der Waals surface area (Å²) in [4.78, 5) is 15.8. The predicted molar refractivity (Wildman–Crippen MR) is 83.5 cm³/mol. The molecule has 3 N–H and O–H groups in total. The number of rotatable bonds is 4. The summed E-state index contributed by atoms with van der Waals surface area (Å²) in [7, 11) is -2.38. The smallest absolute Gasteiger partial charge is 0.312 e. The van der Waals surface area contributed by atoms with E-state index in [0.29, 0.717) is 25.7 Å². The molecule has 1 saturated carbocycles. The molecule has 0 radical (unpaired) electrons. The molecule has 0 unspecified atom stereocenters. The molecule has 10 heteroatoms. The molecule has 1 heterocycles. The molecule has 2 rings (SSSR count). The second-order valence-corrected chi connectivity index (χ2v) is 7.72. The van der Waals surface area contributed by atoms with Crippen LogP contribution < -0.4 is 10.0 Å². The Morgan fingerprint density at radius 3 is 2.52 bits per heavy atom. The van der Waals surface area contributed by atoms with Gasteiger partial charge in [-0.25, -0.2) is 18.5 Å². The number of nitrogens with two attached hydrogens (primary N) is 1. The minimum Gasteiger partial charge on any atom is -0.390 e. The molecule has 1 aromatic heterocycles. The maximum atomic E-state index is 11.3. The molecule has 23 heavy (non-hydrogen) atoms. The molecule has 0 aromatic carbocycles. The fourth-order valence-corrected chi connectivity index (χ4v) is 3.25. The highest BCUT2D eigenvalue weighted by atomic mass is 32.2. The zero-order valence-corrected chi connectivity index (χ0v) is 13.8. The Hall–Kier alpha value is -1.78. The summed E-state index contributed by atoms with van der Waals surface area (Å²) in [6.07, 6.45) is 3.53. The Balaban J connectivity index is 2.33. The van der Waals surface area contributed by atoms with Crippen LogP contribution in [0.25, 0.3) is 0 Å². The van der Waals surface area contributed by atoms with Crippen LogP contribution in [0.15, 0.2) is 17.2 Å². The van der Waals surface area contributed by atoms with Crippen molar-refractivity contribution in [3.63, 3.8) is 0 Å². The van der Waals surface area contributed by atoms with E-state index in [9.17, 15) is 23.6 Å². The summed E-state index contributed by atoms with van der Waals surface area (Å²) >= 11 is 0. The lowest BCUT2D eigenvalue weighted by atomic mass is 9.83. The third-order valence-corrected chi connectivity index (χ3v) is 5.14. The topological polar surface area (TPSA) is 140 Å². The largest absolute Gasteiger partial charge is 0.390 e. The molecular formula is C13H20N4O5S. The summed E-state index contributed by atoms with van der Waals surface area (Å²) in [5, 5.41) is 26.2. The number of primary sulfonamides is 1. The number of aromatic nitrogens is 1. The van der Waals surface area contributed by atoms with Gasteiger partial charge in [0, 0.05) is 25.4 Å². The van der Waals surface area contributed by atoms with Gasteiger partial charge in [-0.2, -0.15) is 0 Å². The Morgan fingerprint density at radius 2 is 2.04 bits per heavy atom. The van der Waals surface area contributed by atoms with Crippen molar-refractivity contribution in [3.05, 3.63) is 22.4 Å². The van der Waals surface area contributed by atoms with Crippen molar-refractivity contribution in [2.24, 2.45) is 5.14 Å². The van der Waals surface area contributed by atoms with Crippen LogP contribution in [0.2, 0.25) is 0 Å². The van der Waals surface area contributed by atoms with E-state index in [-0.39, 0.29) is 11.9 Å². The molecule has 1 aliphatic carbocycles. The Bertz CT molecular complexity index is 709. The van der Waals surface area contributed by atoms with Gasteiger partial charge < -0.3 is 10.0 Å². The van der Waals surface area contributed by atoms with Gasteiger partial charge in [0.2, 0.25) is 15.8 Å². The molecule has 128 valence electrons. The number of hydrogen-bond acceptors (Lipinski definition) is 7. The van der Waals surface area contributed by atoms with Crippen LogP contribution in [0.4, 0.5) is 11.5 Å². The van der Waals surface area contributed by atoms with Crippen LogP contribution in [0.5, 0.6) is 0 Å². The lowest BCUT2D eigenvalue weighted by Crippen LogP contribution is -2.41. The lowest BCUT2D eigenvalue weighted by Gasteiger charge is -2.37. The Labute approximate surface area is 134 Å². The number of pyridine rings is 1. The number of hydrogen-bond donors (Lipinski definition) is 2. The van der Waals surface area contributed by atoms with Crippen molar-refractivity contribution < 1.29 is 18.4 Å². The van der Waals surface area contributed by atoms with E-state index in [4.69, 9.17) is 5.14 Å². The van der Waals surface area contributed by atoms with Gasteiger partial charge in [0.1, 0.15) is 4.90 Å². The normalized spacial score (nSPS) is 25.1. The zero-order chi connectivity index (χ0) is 17.4. The molecule has 0 spiro atoms. The van der Waals surface area contributed by atoms with Crippen LogP contribution in [-0.4, -0.2) is 42.1 Å². The third kappa shape index (κ3) is 3.95. The van der Waals surface area contributed by atoms with E-state index >= 15 is 0 Å². The fourth-order valence-electron chi connectivity index (χ4n) is 2.77. The van der Waals surface area contributed by atoms with Gasteiger partial charge in [0.15, 0.2) is 0 Å². The maximum Gasteiger partial charge on any atom is 0.312 e. The number of nitrogens with zero attached hydrogens (tertiary/aromatic N) is 3. The highest BCUT2D eigenvalue weighted by Gasteiger charge is 2.33. The van der Waals surface area contributed by atoms with E-state index in [1.165, 1.54) is 0 Å². The molecule has 0 amide bonds. The van der Waals surface area contributed by atoms with Crippen LogP contribution in [-0.2, 0) is 10.0 Å². The van der Waals surface area contributed by atoms with E-state index < -0.39 is 31.1 Å². The standard InChI is InChI=1S/C13H20N4O5S/c1-13(18)5-3-9(4-6-13)16(2)12-11(17(19)20)7-10(8-15-12)23(14,21)22/h7-9,18H,3-6H2,1-2H3,(H2,14,21,22). The Kier molecular flexibility index (Phi) is 4.60. The van der Waals surface area contributed by atoms with Crippen molar-refractivity contribution in [1.29, 1.82) is 0 Å². The van der Waals surface area contributed by atoms with Crippen LogP contribution >= 0.6 is 0 Å². The van der Waals surface area contributed by atoms with E-state index in [2.05, 4.69) is 4.98 Å². The molecule has 1 aliphatic rings. The molecule has 9 nitrogen and oxygen atoms in total. The Morgan fingerprint density at radius 1 is 1.48 bits per heavy atom. The fraction of sp³-hybridized carbons (Fsp3) is 0.615. The van der Waals surface area contributed by atoms with Gasteiger partial charge in [-0.1, -0.05) is 0 Å². The average molecular weight is 344 g/mol. The van der Waals surface area contributed by atoms with E-state index in [1.54, 1.807) is 18.9 Å². The summed E-state index contributed by atoms with van der Waals surface area (Å²) < 4.78 is 22.7. The molecule has 1 fully saturated rings. The minimum atomic E-state index is -4.06. The quantitative estimate of drug-likeness (QED) is 0.607. The number of nitro groups is 1. The monoisotopic (exact) mass is 344 g/mol. The molecule has 0 saturated heterocycles. The van der Waals surface area contributed by atoms with E-state index in [0.717, 1.165) is 12.3 Å². The summed E-state index contributed by atoms with van der Waals surface area (Å²) in [5.41, 5.74) is -1.12. The van der Waals surface area contributed by atoms with Crippen molar-refractivity contribution in [2.75, 3.05) is 11.9 Å². The zero-order valence-electron chi connectivity index (χ0n) is 13.0. The average Bonchev–Trinajstić information content (AvgIpc) is 2.45. The van der Waals surface area contributed by atoms with Gasteiger partial charge in [-0.3, -0.25) is 10.1 Å². The number of anilines is 1. The lowest BCUT2D eigenvalue weighted by molar-refractivity contribution is -0.384. The predicted octanol–water partition coefficient (Wildman–Crippen LogP) is 0.767. The van der Waals surface area contributed by atoms with Gasteiger partial charge in [0.05, 0.1) is 10.5 Å². The number of aliphatic hydroxyl groups is 1. The van der Waals surface area contributed by atoms with Crippen molar-refractivity contribution in [3.8, 4) is 0 Å². The minimum absolute atomic E-state index is 0.0123. The van der Waals surface area contributed by atoms with Crippen molar-refractivity contribution >= 4 is 21.5 Å². The first kappa shape index (κ1) is 17.6. The highest BCUT2D eigenvalue weighted by molar-refractivity contribution is 7.89. The first-order valence-corrected chi connectivity index (χ1v) is 8.68. The van der Waals surface area contributed by atoms with Gasteiger partial charge in [-0.15, -0.1) is 0 Å². The molecule has 1 aromatic rings. The number of sulfonamides is 1. The van der Waals surface area contributed by atoms with E-state index in [1.807, 2.05) is 0 Å². The summed E-state index contributed by atoms with van der Waals surface area (Å²) in [6, 6.07) is 0.912. The first-order chi connectivity index (χ1) is 10.5.